The highest BCUT2D eigenvalue weighted by Crippen LogP contribution is 2.44. The van der Waals surface area contributed by atoms with Gasteiger partial charge in [0.2, 0.25) is 0 Å². The number of aliphatic hydroxyl groups is 1. The van der Waals surface area contributed by atoms with Gasteiger partial charge in [-0.3, -0.25) is 4.90 Å². The van der Waals surface area contributed by atoms with E-state index in [-0.39, 0.29) is 36.1 Å². The van der Waals surface area contributed by atoms with Crippen LogP contribution >= 0.6 is 0 Å². The predicted molar refractivity (Wildman–Crippen MR) is 114 cm³/mol. The van der Waals surface area contributed by atoms with E-state index in [1.54, 1.807) is 12.1 Å². The standard InChI is InChI=1S/C25H26F7NO2/c1-14(17-9-18(24(27,28)29)11-19(10-17)25(30,31)32)35-22-12-33-7-6-15(13-34)8-21(33)23(22)16-2-4-20(26)5-3-16/h2-5,9-11,14-15,21-23,34H,6-8,12-13H2,1H3/t14-,15?,21+,22+,23+/m1/s1. The number of halogens is 7. The van der Waals surface area contributed by atoms with Gasteiger partial charge in [-0.1, -0.05) is 12.1 Å². The molecule has 192 valence electrons. The summed E-state index contributed by atoms with van der Waals surface area (Å²) in [5.41, 5.74) is -2.22. The lowest BCUT2D eigenvalue weighted by molar-refractivity contribution is -0.143. The van der Waals surface area contributed by atoms with E-state index in [1.165, 1.54) is 19.1 Å². The molecule has 0 saturated carbocycles. The average molecular weight is 505 g/mol. The molecular formula is C25H26F7NO2. The van der Waals surface area contributed by atoms with Crippen LogP contribution in [0.25, 0.3) is 0 Å². The van der Waals surface area contributed by atoms with Gasteiger partial charge < -0.3 is 9.84 Å². The van der Waals surface area contributed by atoms with Gasteiger partial charge >= 0.3 is 12.4 Å². The second kappa shape index (κ2) is 9.71. The normalized spacial score (nSPS) is 26.5. The molecule has 0 spiro atoms. The molecule has 1 N–H and O–H groups in total. The number of hydrogen-bond donors (Lipinski definition) is 1. The lowest BCUT2D eigenvalue weighted by Crippen LogP contribution is -2.40. The zero-order valence-corrected chi connectivity index (χ0v) is 18.9. The lowest BCUT2D eigenvalue weighted by atomic mass is 9.82. The van der Waals surface area contributed by atoms with Crippen LogP contribution in [0.4, 0.5) is 30.7 Å². The molecule has 2 saturated heterocycles. The molecular weight excluding hydrogens is 479 g/mol. The highest BCUT2D eigenvalue weighted by molar-refractivity contribution is 5.35. The van der Waals surface area contributed by atoms with E-state index >= 15 is 0 Å². The highest BCUT2D eigenvalue weighted by atomic mass is 19.4. The second-order valence-electron chi connectivity index (χ2n) is 9.37. The average Bonchev–Trinajstić information content (AvgIpc) is 3.15. The quantitative estimate of drug-likeness (QED) is 0.493. The van der Waals surface area contributed by atoms with Crippen molar-refractivity contribution in [3.8, 4) is 0 Å². The molecule has 0 amide bonds. The maximum atomic E-state index is 13.6. The monoisotopic (exact) mass is 505 g/mol. The van der Waals surface area contributed by atoms with E-state index in [0.29, 0.717) is 31.6 Å². The molecule has 0 radical (unpaired) electrons. The minimum atomic E-state index is -4.94. The van der Waals surface area contributed by atoms with Gasteiger partial charge in [0, 0.05) is 25.1 Å². The Kier molecular flexibility index (Phi) is 7.19. The molecule has 10 heteroatoms. The van der Waals surface area contributed by atoms with Crippen LogP contribution in [0.5, 0.6) is 0 Å². The van der Waals surface area contributed by atoms with Crippen LogP contribution in [0.3, 0.4) is 0 Å². The summed E-state index contributed by atoms with van der Waals surface area (Å²) in [6.07, 6.45) is -10.1. The molecule has 2 aromatic carbocycles. The fraction of sp³-hybridized carbons (Fsp3) is 0.520. The Morgan fingerprint density at radius 2 is 1.60 bits per heavy atom. The molecule has 35 heavy (non-hydrogen) atoms. The molecule has 5 atom stereocenters. The minimum absolute atomic E-state index is 0.0207. The van der Waals surface area contributed by atoms with Crippen molar-refractivity contribution in [2.75, 3.05) is 19.7 Å². The first-order valence-corrected chi connectivity index (χ1v) is 11.4. The zero-order valence-electron chi connectivity index (χ0n) is 18.9. The summed E-state index contributed by atoms with van der Waals surface area (Å²) in [6.45, 7) is 2.57. The van der Waals surface area contributed by atoms with Crippen LogP contribution in [-0.2, 0) is 17.1 Å². The summed E-state index contributed by atoms with van der Waals surface area (Å²) in [5, 5.41) is 9.66. The van der Waals surface area contributed by atoms with Crippen LogP contribution in [0.15, 0.2) is 42.5 Å². The summed E-state index contributed by atoms with van der Waals surface area (Å²) in [4.78, 5) is 2.17. The number of benzene rings is 2. The Labute approximate surface area is 198 Å². The van der Waals surface area contributed by atoms with Crippen molar-refractivity contribution in [2.45, 2.75) is 56.3 Å². The molecule has 2 fully saturated rings. The van der Waals surface area contributed by atoms with Crippen molar-refractivity contribution in [3.05, 3.63) is 70.5 Å². The van der Waals surface area contributed by atoms with Gasteiger partial charge in [0.25, 0.3) is 0 Å². The summed E-state index contributed by atoms with van der Waals surface area (Å²) < 4.78 is 99.7. The van der Waals surface area contributed by atoms with E-state index < -0.39 is 41.5 Å². The Balaban J connectivity index is 1.65. The smallest absolute Gasteiger partial charge is 0.396 e. The van der Waals surface area contributed by atoms with E-state index in [1.807, 2.05) is 0 Å². The third-order valence-electron chi connectivity index (χ3n) is 7.07. The third kappa shape index (κ3) is 5.65. The van der Waals surface area contributed by atoms with Crippen LogP contribution < -0.4 is 0 Å². The highest BCUT2D eigenvalue weighted by Gasteiger charge is 2.46. The van der Waals surface area contributed by atoms with Gasteiger partial charge in [0.1, 0.15) is 5.82 Å². The van der Waals surface area contributed by atoms with E-state index in [2.05, 4.69) is 4.90 Å². The number of hydrogen-bond acceptors (Lipinski definition) is 3. The van der Waals surface area contributed by atoms with E-state index in [9.17, 15) is 35.8 Å². The Morgan fingerprint density at radius 3 is 2.14 bits per heavy atom. The van der Waals surface area contributed by atoms with Gasteiger partial charge in [-0.15, -0.1) is 0 Å². The van der Waals surface area contributed by atoms with Crippen LogP contribution in [0.1, 0.15) is 54.0 Å². The number of ether oxygens (including phenoxy) is 1. The summed E-state index contributed by atoms with van der Waals surface area (Å²) >= 11 is 0. The first-order chi connectivity index (χ1) is 16.4. The van der Waals surface area contributed by atoms with Gasteiger partial charge in [-0.2, -0.15) is 26.3 Å². The maximum Gasteiger partial charge on any atom is 0.416 e. The molecule has 2 heterocycles. The predicted octanol–water partition coefficient (Wildman–Crippen LogP) is 6.18. The summed E-state index contributed by atoms with van der Waals surface area (Å²) in [7, 11) is 0. The van der Waals surface area contributed by atoms with Gasteiger partial charge in [0.05, 0.1) is 23.3 Å². The Hall–Kier alpha value is -2.17. The van der Waals surface area contributed by atoms with Crippen LogP contribution in [0.2, 0.25) is 0 Å². The summed E-state index contributed by atoms with van der Waals surface area (Å²) in [5.74, 6) is -0.622. The largest absolute Gasteiger partial charge is 0.416 e. The molecule has 2 aliphatic heterocycles. The van der Waals surface area contributed by atoms with Crippen molar-refractivity contribution < 1.29 is 40.6 Å². The molecule has 2 aromatic rings. The lowest BCUT2D eigenvalue weighted by Gasteiger charge is -2.36. The fourth-order valence-corrected chi connectivity index (χ4v) is 5.29. The van der Waals surface area contributed by atoms with Crippen LogP contribution in [0, 0.1) is 11.7 Å². The second-order valence-corrected chi connectivity index (χ2v) is 9.37. The maximum absolute atomic E-state index is 13.6. The number of rotatable bonds is 5. The first-order valence-electron chi connectivity index (χ1n) is 11.4. The number of alkyl halides is 6. The van der Waals surface area contributed by atoms with Crippen LogP contribution in [-0.4, -0.2) is 41.8 Å². The number of piperidine rings is 1. The molecule has 2 aliphatic rings. The topological polar surface area (TPSA) is 32.7 Å². The third-order valence-corrected chi connectivity index (χ3v) is 7.07. The van der Waals surface area contributed by atoms with E-state index in [4.69, 9.17) is 4.74 Å². The molecule has 0 aliphatic carbocycles. The molecule has 0 bridgehead atoms. The number of nitrogens with zero attached hydrogens (tertiary/aromatic N) is 1. The van der Waals surface area contributed by atoms with Gasteiger partial charge in [0.15, 0.2) is 0 Å². The van der Waals surface area contributed by atoms with Gasteiger partial charge in [-0.25, -0.2) is 4.39 Å². The first kappa shape index (κ1) is 25.9. The van der Waals surface area contributed by atoms with Crippen molar-refractivity contribution in [1.29, 1.82) is 0 Å². The number of aliphatic hydroxyl groups excluding tert-OH is 1. The SMILES string of the molecule is C[C@@H](O[C@H]1CN2CCC(CO)C[C@H]2[C@@H]1c1ccc(F)cc1)c1cc(C(F)(F)F)cc(C(F)(F)F)c1. The minimum Gasteiger partial charge on any atom is -0.396 e. The number of fused-ring (bicyclic) bond motifs is 1. The molecule has 1 unspecified atom stereocenters. The van der Waals surface area contributed by atoms with Crippen molar-refractivity contribution in [2.24, 2.45) is 5.92 Å². The summed E-state index contributed by atoms with van der Waals surface area (Å²) in [6, 6.07) is 7.31. The Morgan fingerprint density at radius 1 is 1.00 bits per heavy atom. The van der Waals surface area contributed by atoms with Crippen molar-refractivity contribution >= 4 is 0 Å². The molecule has 3 nitrogen and oxygen atoms in total. The van der Waals surface area contributed by atoms with Crippen molar-refractivity contribution in [3.63, 3.8) is 0 Å². The molecule has 0 aromatic heterocycles. The van der Waals surface area contributed by atoms with Gasteiger partial charge in [-0.05, 0) is 73.7 Å². The van der Waals surface area contributed by atoms with E-state index in [0.717, 1.165) is 12.0 Å². The molecule has 4 rings (SSSR count). The van der Waals surface area contributed by atoms with Crippen molar-refractivity contribution in [1.82, 2.24) is 4.90 Å². The Bertz CT molecular complexity index is 990. The fourth-order valence-electron chi connectivity index (χ4n) is 5.29. The zero-order chi connectivity index (χ0) is 25.5.